The van der Waals surface area contributed by atoms with Crippen molar-refractivity contribution in [2.75, 3.05) is 13.2 Å². The summed E-state index contributed by atoms with van der Waals surface area (Å²) in [6, 6.07) is 6.62. The zero-order chi connectivity index (χ0) is 16.9. The Morgan fingerprint density at radius 3 is 2.52 bits per heavy atom. The Bertz CT molecular complexity index is 526. The lowest BCUT2D eigenvalue weighted by molar-refractivity contribution is 0.174. The van der Waals surface area contributed by atoms with Crippen LogP contribution in [0.5, 0.6) is 0 Å². The van der Waals surface area contributed by atoms with Gasteiger partial charge in [-0.15, -0.1) is 0 Å². The summed E-state index contributed by atoms with van der Waals surface area (Å²) in [7, 11) is 0. The summed E-state index contributed by atoms with van der Waals surface area (Å²) in [6.45, 7) is 4.43. The van der Waals surface area contributed by atoms with Crippen LogP contribution >= 0.6 is 0 Å². The molecule has 0 aromatic heterocycles. The summed E-state index contributed by atoms with van der Waals surface area (Å²) < 4.78 is 13.9. The second kappa shape index (κ2) is 7.77. The zero-order valence-corrected chi connectivity index (χ0v) is 13.9. The van der Waals surface area contributed by atoms with E-state index in [9.17, 15) is 9.18 Å². The molecule has 23 heavy (non-hydrogen) atoms. The van der Waals surface area contributed by atoms with Gasteiger partial charge >= 0.3 is 6.03 Å². The molecule has 0 unspecified atom stereocenters. The third-order valence-electron chi connectivity index (χ3n) is 4.73. The molecular formula is C18H27FN2O2. The molecule has 1 fully saturated rings. The van der Waals surface area contributed by atoms with E-state index >= 15 is 0 Å². The van der Waals surface area contributed by atoms with Crippen molar-refractivity contribution in [3.8, 4) is 0 Å². The van der Waals surface area contributed by atoms with Gasteiger partial charge in [0.15, 0.2) is 0 Å². The minimum atomic E-state index is -0.475. The number of benzene rings is 1. The van der Waals surface area contributed by atoms with E-state index in [1.54, 1.807) is 18.2 Å². The Hall–Kier alpha value is -1.62. The van der Waals surface area contributed by atoms with Crippen molar-refractivity contribution in [3.63, 3.8) is 0 Å². The Morgan fingerprint density at radius 2 is 1.91 bits per heavy atom. The van der Waals surface area contributed by atoms with Gasteiger partial charge in [-0.3, -0.25) is 0 Å². The standard InChI is InChI=1S/C18H27FN2O2/c1-18(2,15-5-3-4-6-16(15)19)12-20-17(23)21-14-9-7-13(11-22)8-10-14/h3-6,13-14,22H,7-12H2,1-2H3,(H2,20,21,23). The first kappa shape index (κ1) is 17.7. The summed E-state index contributed by atoms with van der Waals surface area (Å²) in [5, 5.41) is 15.0. The van der Waals surface area contributed by atoms with Crippen molar-refractivity contribution in [2.24, 2.45) is 5.92 Å². The van der Waals surface area contributed by atoms with Crippen LogP contribution in [0, 0.1) is 11.7 Å². The molecule has 0 aliphatic heterocycles. The molecule has 0 radical (unpaired) electrons. The van der Waals surface area contributed by atoms with Crippen LogP contribution in [0.1, 0.15) is 45.1 Å². The summed E-state index contributed by atoms with van der Waals surface area (Å²) in [4.78, 5) is 12.1. The first-order valence-corrected chi connectivity index (χ1v) is 8.32. The largest absolute Gasteiger partial charge is 0.396 e. The van der Waals surface area contributed by atoms with E-state index in [2.05, 4.69) is 10.6 Å². The van der Waals surface area contributed by atoms with E-state index in [0.29, 0.717) is 18.0 Å². The zero-order valence-electron chi connectivity index (χ0n) is 13.9. The van der Waals surface area contributed by atoms with Gasteiger partial charge in [-0.2, -0.15) is 0 Å². The average Bonchev–Trinajstić information content (AvgIpc) is 2.54. The van der Waals surface area contributed by atoms with Gasteiger partial charge in [-0.05, 0) is 43.2 Å². The van der Waals surface area contributed by atoms with Crippen LogP contribution in [-0.2, 0) is 5.41 Å². The third-order valence-corrected chi connectivity index (χ3v) is 4.73. The van der Waals surface area contributed by atoms with Crippen LogP contribution in [-0.4, -0.2) is 30.3 Å². The fourth-order valence-electron chi connectivity index (χ4n) is 3.13. The lowest BCUT2D eigenvalue weighted by Gasteiger charge is -2.29. The minimum Gasteiger partial charge on any atom is -0.396 e. The molecule has 2 rings (SSSR count). The van der Waals surface area contributed by atoms with Crippen molar-refractivity contribution in [1.82, 2.24) is 10.6 Å². The smallest absolute Gasteiger partial charge is 0.315 e. The van der Waals surface area contributed by atoms with Gasteiger partial charge in [0, 0.05) is 24.6 Å². The number of nitrogens with one attached hydrogen (secondary N) is 2. The molecule has 1 aromatic rings. The normalized spacial score (nSPS) is 21.7. The Morgan fingerprint density at radius 1 is 1.26 bits per heavy atom. The van der Waals surface area contributed by atoms with Gasteiger partial charge < -0.3 is 15.7 Å². The second-order valence-corrected chi connectivity index (χ2v) is 7.09. The number of rotatable bonds is 5. The van der Waals surface area contributed by atoms with Crippen LogP contribution in [0.4, 0.5) is 9.18 Å². The van der Waals surface area contributed by atoms with Crippen molar-refractivity contribution >= 4 is 6.03 Å². The van der Waals surface area contributed by atoms with Crippen LogP contribution in [0.15, 0.2) is 24.3 Å². The molecular weight excluding hydrogens is 295 g/mol. The number of halogens is 1. The number of carbonyl (C=O) groups is 1. The molecule has 1 aliphatic carbocycles. The van der Waals surface area contributed by atoms with Crippen molar-refractivity contribution in [2.45, 2.75) is 51.0 Å². The van der Waals surface area contributed by atoms with E-state index in [1.807, 2.05) is 13.8 Å². The minimum absolute atomic E-state index is 0.161. The maximum absolute atomic E-state index is 13.9. The molecule has 0 saturated heterocycles. The summed E-state index contributed by atoms with van der Waals surface area (Å²) >= 11 is 0. The predicted molar refractivity (Wildman–Crippen MR) is 88.8 cm³/mol. The summed E-state index contributed by atoms with van der Waals surface area (Å²) in [5.41, 5.74) is 0.126. The molecule has 128 valence electrons. The van der Waals surface area contributed by atoms with Crippen LogP contribution in [0.25, 0.3) is 0 Å². The van der Waals surface area contributed by atoms with Gasteiger partial charge in [0.2, 0.25) is 0 Å². The molecule has 0 atom stereocenters. The van der Waals surface area contributed by atoms with E-state index in [1.165, 1.54) is 6.07 Å². The Balaban J connectivity index is 1.81. The maximum atomic E-state index is 13.9. The molecule has 1 aliphatic rings. The molecule has 0 bridgehead atoms. The SMILES string of the molecule is CC(C)(CNC(=O)NC1CCC(CO)CC1)c1ccccc1F. The summed E-state index contributed by atoms with van der Waals surface area (Å²) in [6.07, 6.45) is 3.69. The number of urea groups is 1. The topological polar surface area (TPSA) is 61.4 Å². The molecule has 0 spiro atoms. The monoisotopic (exact) mass is 322 g/mol. The highest BCUT2D eigenvalue weighted by atomic mass is 19.1. The van der Waals surface area contributed by atoms with Gasteiger partial charge in [-0.1, -0.05) is 32.0 Å². The number of carbonyl (C=O) groups excluding carboxylic acids is 1. The molecule has 1 saturated carbocycles. The summed E-state index contributed by atoms with van der Waals surface area (Å²) in [5.74, 6) is 0.123. The molecule has 1 aromatic carbocycles. The maximum Gasteiger partial charge on any atom is 0.315 e. The Kier molecular flexibility index (Phi) is 5.99. The number of aliphatic hydroxyl groups is 1. The van der Waals surface area contributed by atoms with Crippen LogP contribution in [0.3, 0.4) is 0 Å². The quantitative estimate of drug-likeness (QED) is 0.780. The van der Waals surface area contributed by atoms with Gasteiger partial charge in [0.1, 0.15) is 5.82 Å². The van der Waals surface area contributed by atoms with E-state index in [0.717, 1.165) is 25.7 Å². The van der Waals surface area contributed by atoms with Crippen LogP contribution in [0.2, 0.25) is 0 Å². The fourth-order valence-corrected chi connectivity index (χ4v) is 3.13. The van der Waals surface area contributed by atoms with Crippen molar-refractivity contribution in [3.05, 3.63) is 35.6 Å². The molecule has 4 nitrogen and oxygen atoms in total. The second-order valence-electron chi connectivity index (χ2n) is 7.09. The number of hydrogen-bond donors (Lipinski definition) is 3. The Labute approximate surface area is 137 Å². The third kappa shape index (κ3) is 4.93. The lowest BCUT2D eigenvalue weighted by atomic mass is 9.84. The van der Waals surface area contributed by atoms with Gasteiger partial charge in [0.05, 0.1) is 0 Å². The average molecular weight is 322 g/mol. The number of amides is 2. The van der Waals surface area contributed by atoms with Crippen molar-refractivity contribution in [1.29, 1.82) is 0 Å². The van der Waals surface area contributed by atoms with Crippen molar-refractivity contribution < 1.29 is 14.3 Å². The molecule has 3 N–H and O–H groups in total. The van der Waals surface area contributed by atoms with Gasteiger partial charge in [0.25, 0.3) is 0 Å². The molecule has 5 heteroatoms. The predicted octanol–water partition coefficient (Wildman–Crippen LogP) is 2.95. The number of aliphatic hydroxyl groups excluding tert-OH is 1. The highest BCUT2D eigenvalue weighted by Crippen LogP contribution is 2.25. The molecule has 0 heterocycles. The highest BCUT2D eigenvalue weighted by molar-refractivity contribution is 5.74. The fraction of sp³-hybridized carbons (Fsp3) is 0.611. The lowest BCUT2D eigenvalue weighted by Crippen LogP contribution is -2.47. The van der Waals surface area contributed by atoms with Crippen LogP contribution < -0.4 is 10.6 Å². The van der Waals surface area contributed by atoms with E-state index in [-0.39, 0.29) is 24.5 Å². The molecule has 2 amide bonds. The number of hydrogen-bond acceptors (Lipinski definition) is 2. The highest BCUT2D eigenvalue weighted by Gasteiger charge is 2.26. The van der Waals surface area contributed by atoms with Gasteiger partial charge in [-0.25, -0.2) is 9.18 Å². The van der Waals surface area contributed by atoms with E-state index < -0.39 is 5.41 Å². The first-order valence-electron chi connectivity index (χ1n) is 8.32. The first-order chi connectivity index (χ1) is 10.9. The van der Waals surface area contributed by atoms with E-state index in [4.69, 9.17) is 5.11 Å².